The van der Waals surface area contributed by atoms with Crippen LogP contribution in [0.2, 0.25) is 0 Å². The molecule has 0 aliphatic heterocycles. The van der Waals surface area contributed by atoms with Gasteiger partial charge in [0.2, 0.25) is 0 Å². The third-order valence-corrected chi connectivity index (χ3v) is 9.79. The van der Waals surface area contributed by atoms with E-state index in [9.17, 15) is 0 Å². The van der Waals surface area contributed by atoms with E-state index in [1.165, 1.54) is 54.2 Å². The second kappa shape index (κ2) is 10.6. The summed E-state index contributed by atoms with van der Waals surface area (Å²) in [6, 6.07) is 63.5. The zero-order chi connectivity index (χ0) is 31.6. The van der Waals surface area contributed by atoms with Crippen molar-refractivity contribution in [1.29, 1.82) is 0 Å². The number of nitrogens with zero attached hydrogens (tertiary/aromatic N) is 1. The molecule has 0 radical (unpaired) electrons. The van der Waals surface area contributed by atoms with E-state index < -0.39 is 0 Å². The molecule has 2 heteroatoms. The third kappa shape index (κ3) is 4.20. The molecule has 1 heterocycles. The van der Waals surface area contributed by atoms with Crippen molar-refractivity contribution < 1.29 is 4.42 Å². The van der Waals surface area contributed by atoms with Gasteiger partial charge in [-0.2, -0.15) is 0 Å². The lowest BCUT2D eigenvalue weighted by atomic mass is 9.95. The van der Waals surface area contributed by atoms with Gasteiger partial charge >= 0.3 is 0 Å². The number of fused-ring (bicyclic) bond motifs is 9. The highest BCUT2D eigenvalue weighted by Crippen LogP contribution is 2.43. The van der Waals surface area contributed by atoms with E-state index in [-0.39, 0.29) is 0 Å². The maximum absolute atomic E-state index is 6.25. The molecule has 48 heavy (non-hydrogen) atoms. The monoisotopic (exact) mass is 611 g/mol. The zero-order valence-corrected chi connectivity index (χ0v) is 26.1. The topological polar surface area (TPSA) is 16.4 Å². The minimum absolute atomic E-state index is 0.918. The molecule has 0 aliphatic rings. The number of hydrogen-bond acceptors (Lipinski definition) is 2. The molecule has 0 atom stereocenters. The molecule has 2 nitrogen and oxygen atoms in total. The highest BCUT2D eigenvalue weighted by atomic mass is 16.3. The Balaban J connectivity index is 1.20. The van der Waals surface area contributed by atoms with E-state index in [0.29, 0.717) is 0 Å². The fourth-order valence-electron chi connectivity index (χ4n) is 7.49. The molecule has 1 aromatic heterocycles. The van der Waals surface area contributed by atoms with Crippen molar-refractivity contribution in [3.05, 3.63) is 176 Å². The van der Waals surface area contributed by atoms with Gasteiger partial charge in [-0.1, -0.05) is 121 Å². The third-order valence-electron chi connectivity index (χ3n) is 9.79. The minimum Gasteiger partial charge on any atom is -0.456 e. The molecule has 0 spiro atoms. The highest BCUT2D eigenvalue weighted by Gasteiger charge is 2.19. The summed E-state index contributed by atoms with van der Waals surface area (Å²) < 4.78 is 6.25. The Kier molecular flexibility index (Phi) is 5.91. The number of anilines is 3. The van der Waals surface area contributed by atoms with Crippen LogP contribution in [0.1, 0.15) is 0 Å². The summed E-state index contributed by atoms with van der Waals surface area (Å²) in [7, 11) is 0. The summed E-state index contributed by atoms with van der Waals surface area (Å²) in [5.41, 5.74) is 7.56. The van der Waals surface area contributed by atoms with Gasteiger partial charge in [-0.3, -0.25) is 0 Å². The van der Waals surface area contributed by atoms with E-state index in [1.807, 2.05) is 12.1 Å². The van der Waals surface area contributed by atoms with Crippen LogP contribution in [0.3, 0.4) is 0 Å². The average Bonchev–Trinajstić information content (AvgIpc) is 3.52. The van der Waals surface area contributed by atoms with Crippen LogP contribution in [0.4, 0.5) is 17.1 Å². The predicted molar refractivity (Wildman–Crippen MR) is 204 cm³/mol. The standard InChI is InChI=1S/C46H29NO/c1-2-11-35(12-3-1)47(44-16-8-6-14-38(44)33-22-20-31-19-18-30-10-4-5-13-37(30)40(31)26-33)36-25-24-32-21-23-34-27-46-43(29-42(34)41(32)28-36)39-15-7-9-17-45(39)48-46/h1-29H. The number of rotatable bonds is 4. The summed E-state index contributed by atoms with van der Waals surface area (Å²) in [4.78, 5) is 2.40. The van der Waals surface area contributed by atoms with Crippen LogP contribution in [0.5, 0.6) is 0 Å². The van der Waals surface area contributed by atoms with Crippen molar-refractivity contribution in [3.63, 3.8) is 0 Å². The van der Waals surface area contributed by atoms with Crippen LogP contribution in [0.15, 0.2) is 180 Å². The van der Waals surface area contributed by atoms with E-state index >= 15 is 0 Å². The van der Waals surface area contributed by atoms with Crippen LogP contribution in [-0.2, 0) is 0 Å². The Morgan fingerprint density at radius 2 is 0.958 bits per heavy atom. The van der Waals surface area contributed by atoms with Crippen LogP contribution < -0.4 is 4.90 Å². The minimum atomic E-state index is 0.918. The quantitative estimate of drug-likeness (QED) is 0.184. The van der Waals surface area contributed by atoms with E-state index in [2.05, 4.69) is 169 Å². The number of hydrogen-bond donors (Lipinski definition) is 0. The molecule has 10 aromatic rings. The molecule has 0 N–H and O–H groups in total. The molecule has 0 saturated carbocycles. The molecular formula is C46H29NO. The summed E-state index contributed by atoms with van der Waals surface area (Å²) in [6.45, 7) is 0. The Hall–Kier alpha value is -6.38. The summed E-state index contributed by atoms with van der Waals surface area (Å²) in [6.07, 6.45) is 0. The first kappa shape index (κ1) is 26.8. The normalized spacial score (nSPS) is 11.8. The molecule has 9 aromatic carbocycles. The zero-order valence-electron chi connectivity index (χ0n) is 26.1. The maximum atomic E-state index is 6.25. The summed E-state index contributed by atoms with van der Waals surface area (Å²) in [5.74, 6) is 0. The highest BCUT2D eigenvalue weighted by molar-refractivity contribution is 6.17. The Morgan fingerprint density at radius 1 is 0.333 bits per heavy atom. The Bertz CT molecular complexity index is 2850. The van der Waals surface area contributed by atoms with Crippen LogP contribution in [0, 0.1) is 0 Å². The lowest BCUT2D eigenvalue weighted by Crippen LogP contribution is -2.11. The van der Waals surface area contributed by atoms with Crippen LogP contribution in [0.25, 0.3) is 76.2 Å². The number of furan rings is 1. The van der Waals surface area contributed by atoms with E-state index in [4.69, 9.17) is 4.42 Å². The summed E-state index contributed by atoms with van der Waals surface area (Å²) >= 11 is 0. The van der Waals surface area contributed by atoms with Crippen molar-refractivity contribution in [1.82, 2.24) is 0 Å². The van der Waals surface area contributed by atoms with Gasteiger partial charge in [0.15, 0.2) is 0 Å². The van der Waals surface area contributed by atoms with Crippen LogP contribution >= 0.6 is 0 Å². The molecule has 224 valence electrons. The van der Waals surface area contributed by atoms with Gasteiger partial charge in [0, 0.05) is 27.7 Å². The van der Waals surface area contributed by atoms with Gasteiger partial charge in [-0.15, -0.1) is 0 Å². The fraction of sp³-hybridized carbons (Fsp3) is 0. The van der Waals surface area contributed by atoms with Gasteiger partial charge in [0.1, 0.15) is 11.2 Å². The predicted octanol–water partition coefficient (Wildman–Crippen LogP) is 13.3. The maximum Gasteiger partial charge on any atom is 0.136 e. The van der Waals surface area contributed by atoms with Gasteiger partial charge < -0.3 is 9.32 Å². The van der Waals surface area contributed by atoms with E-state index in [1.54, 1.807) is 0 Å². The largest absolute Gasteiger partial charge is 0.456 e. The van der Waals surface area contributed by atoms with Crippen LogP contribution in [-0.4, -0.2) is 0 Å². The first-order valence-electron chi connectivity index (χ1n) is 16.4. The van der Waals surface area contributed by atoms with Gasteiger partial charge in [-0.05, 0) is 103 Å². The Morgan fingerprint density at radius 3 is 1.83 bits per heavy atom. The number of para-hydroxylation sites is 3. The number of benzene rings is 9. The molecule has 0 bridgehead atoms. The molecule has 0 amide bonds. The first-order chi connectivity index (χ1) is 23.8. The van der Waals surface area contributed by atoms with Gasteiger partial charge in [-0.25, -0.2) is 0 Å². The molecule has 0 unspecified atom stereocenters. The Labute approximate surface area is 277 Å². The van der Waals surface area contributed by atoms with Crippen molar-refractivity contribution in [2.45, 2.75) is 0 Å². The molecular weight excluding hydrogens is 583 g/mol. The lowest BCUT2D eigenvalue weighted by molar-refractivity contribution is 0.669. The smallest absolute Gasteiger partial charge is 0.136 e. The van der Waals surface area contributed by atoms with Crippen molar-refractivity contribution in [3.8, 4) is 11.1 Å². The average molecular weight is 612 g/mol. The van der Waals surface area contributed by atoms with Gasteiger partial charge in [0.05, 0.1) is 5.69 Å². The SMILES string of the molecule is c1ccc(N(c2ccc3ccc4cc5oc6ccccc6c5cc4c3c2)c2ccccc2-c2ccc3ccc4ccccc4c3c2)cc1. The molecule has 10 rings (SSSR count). The van der Waals surface area contributed by atoms with Crippen molar-refractivity contribution in [2.24, 2.45) is 0 Å². The fourth-order valence-corrected chi connectivity index (χ4v) is 7.49. The lowest BCUT2D eigenvalue weighted by Gasteiger charge is -2.28. The molecule has 0 fully saturated rings. The second-order valence-corrected chi connectivity index (χ2v) is 12.5. The van der Waals surface area contributed by atoms with Gasteiger partial charge in [0.25, 0.3) is 0 Å². The second-order valence-electron chi connectivity index (χ2n) is 12.5. The first-order valence-corrected chi connectivity index (χ1v) is 16.4. The molecule has 0 saturated heterocycles. The summed E-state index contributed by atoms with van der Waals surface area (Å²) in [5, 5.41) is 12.1. The van der Waals surface area contributed by atoms with E-state index in [0.717, 1.165) is 39.0 Å². The van der Waals surface area contributed by atoms with Crippen molar-refractivity contribution in [2.75, 3.05) is 4.90 Å². The molecule has 0 aliphatic carbocycles. The van der Waals surface area contributed by atoms with Crippen molar-refractivity contribution >= 4 is 82.1 Å².